The van der Waals surface area contributed by atoms with E-state index in [0.717, 1.165) is 17.8 Å². The first-order valence-electron chi connectivity index (χ1n) is 6.07. The van der Waals surface area contributed by atoms with Crippen LogP contribution in [0.25, 0.3) is 0 Å². The molecule has 1 N–H and O–H groups in total. The number of carbonyl (C=O) groups excluding carboxylic acids is 1. The third kappa shape index (κ3) is 3.23. The van der Waals surface area contributed by atoms with E-state index in [-0.39, 0.29) is 5.91 Å². The first-order chi connectivity index (χ1) is 8.79. The zero-order chi connectivity index (χ0) is 12.8. The highest BCUT2D eigenvalue weighted by Crippen LogP contribution is 2.01. The van der Waals surface area contributed by atoms with E-state index in [4.69, 9.17) is 4.42 Å². The molecule has 1 amide bonds. The summed E-state index contributed by atoms with van der Waals surface area (Å²) in [5.74, 6) is 1.05. The number of furan rings is 1. The SMILES string of the molecule is CCc1nccn1CCC(=O)NCc1ccoc1. The number of rotatable bonds is 6. The largest absolute Gasteiger partial charge is 0.472 e. The van der Waals surface area contributed by atoms with Gasteiger partial charge in [-0.1, -0.05) is 6.92 Å². The molecule has 0 aliphatic carbocycles. The van der Waals surface area contributed by atoms with E-state index in [2.05, 4.69) is 17.2 Å². The number of hydrogen-bond donors (Lipinski definition) is 1. The predicted molar refractivity (Wildman–Crippen MR) is 66.8 cm³/mol. The molecule has 5 heteroatoms. The van der Waals surface area contributed by atoms with Crippen LogP contribution >= 0.6 is 0 Å². The molecule has 0 atom stereocenters. The zero-order valence-corrected chi connectivity index (χ0v) is 10.4. The number of nitrogens with one attached hydrogen (secondary N) is 1. The van der Waals surface area contributed by atoms with E-state index < -0.39 is 0 Å². The molecule has 2 aromatic rings. The van der Waals surface area contributed by atoms with Crippen LogP contribution in [0.5, 0.6) is 0 Å². The lowest BCUT2D eigenvalue weighted by Gasteiger charge is -2.06. The van der Waals surface area contributed by atoms with Crippen molar-refractivity contribution in [2.75, 3.05) is 0 Å². The molecule has 96 valence electrons. The molecule has 2 heterocycles. The standard InChI is InChI=1S/C13H17N3O2/c1-2-12-14-5-7-16(12)6-3-13(17)15-9-11-4-8-18-10-11/h4-5,7-8,10H,2-3,6,9H2,1H3,(H,15,17). The Hall–Kier alpha value is -2.04. The van der Waals surface area contributed by atoms with E-state index in [0.29, 0.717) is 19.5 Å². The highest BCUT2D eigenvalue weighted by molar-refractivity contribution is 5.75. The fourth-order valence-corrected chi connectivity index (χ4v) is 1.76. The Labute approximate surface area is 106 Å². The van der Waals surface area contributed by atoms with Crippen molar-refractivity contribution in [3.8, 4) is 0 Å². The topological polar surface area (TPSA) is 60.1 Å². The Morgan fingerprint density at radius 2 is 2.44 bits per heavy atom. The molecule has 0 bridgehead atoms. The molecule has 0 spiro atoms. The summed E-state index contributed by atoms with van der Waals surface area (Å²) in [5.41, 5.74) is 0.972. The van der Waals surface area contributed by atoms with Crippen LogP contribution in [-0.2, 0) is 24.3 Å². The lowest BCUT2D eigenvalue weighted by molar-refractivity contribution is -0.121. The first kappa shape index (κ1) is 12.4. The first-order valence-corrected chi connectivity index (χ1v) is 6.07. The predicted octanol–water partition coefficient (Wildman–Crippen LogP) is 1.75. The molecular formula is C13H17N3O2. The van der Waals surface area contributed by atoms with E-state index >= 15 is 0 Å². The smallest absolute Gasteiger partial charge is 0.222 e. The van der Waals surface area contributed by atoms with Crippen molar-refractivity contribution in [1.82, 2.24) is 14.9 Å². The molecular weight excluding hydrogens is 230 g/mol. The molecule has 18 heavy (non-hydrogen) atoms. The molecule has 0 saturated carbocycles. The highest BCUT2D eigenvalue weighted by atomic mass is 16.3. The van der Waals surface area contributed by atoms with Gasteiger partial charge in [0.05, 0.1) is 12.5 Å². The third-order valence-electron chi connectivity index (χ3n) is 2.77. The maximum absolute atomic E-state index is 11.7. The molecule has 0 aliphatic rings. The molecule has 0 saturated heterocycles. The van der Waals surface area contributed by atoms with Crippen LogP contribution in [-0.4, -0.2) is 15.5 Å². The van der Waals surface area contributed by atoms with Gasteiger partial charge in [-0.25, -0.2) is 4.98 Å². The van der Waals surface area contributed by atoms with Crippen molar-refractivity contribution >= 4 is 5.91 Å². The van der Waals surface area contributed by atoms with Crippen molar-refractivity contribution < 1.29 is 9.21 Å². The van der Waals surface area contributed by atoms with Gasteiger partial charge >= 0.3 is 0 Å². The van der Waals surface area contributed by atoms with Crippen LogP contribution in [0.15, 0.2) is 35.4 Å². The number of nitrogens with zero attached hydrogens (tertiary/aromatic N) is 2. The molecule has 5 nitrogen and oxygen atoms in total. The average Bonchev–Trinajstić information content (AvgIpc) is 3.04. The van der Waals surface area contributed by atoms with E-state index in [9.17, 15) is 4.79 Å². The van der Waals surface area contributed by atoms with Crippen molar-refractivity contribution in [2.24, 2.45) is 0 Å². The quantitative estimate of drug-likeness (QED) is 0.846. The van der Waals surface area contributed by atoms with Gasteiger partial charge in [0.15, 0.2) is 0 Å². The maximum atomic E-state index is 11.7. The van der Waals surface area contributed by atoms with E-state index in [1.807, 2.05) is 16.8 Å². The summed E-state index contributed by atoms with van der Waals surface area (Å²) in [6.07, 6.45) is 8.24. The number of imidazole rings is 1. The molecule has 0 aromatic carbocycles. The van der Waals surface area contributed by atoms with Crippen molar-refractivity contribution in [3.05, 3.63) is 42.4 Å². The second-order valence-electron chi connectivity index (χ2n) is 4.05. The lowest BCUT2D eigenvalue weighted by Crippen LogP contribution is -2.23. The van der Waals surface area contributed by atoms with Crippen molar-refractivity contribution in [3.63, 3.8) is 0 Å². The van der Waals surface area contributed by atoms with Gasteiger partial charge in [-0.3, -0.25) is 4.79 Å². The second-order valence-corrected chi connectivity index (χ2v) is 4.05. The Morgan fingerprint density at radius 3 is 3.17 bits per heavy atom. The Morgan fingerprint density at radius 1 is 1.56 bits per heavy atom. The summed E-state index contributed by atoms with van der Waals surface area (Å²) < 4.78 is 6.94. The number of aryl methyl sites for hydroxylation is 2. The van der Waals surface area contributed by atoms with Crippen LogP contribution in [0.3, 0.4) is 0 Å². The minimum absolute atomic E-state index is 0.0342. The van der Waals surface area contributed by atoms with Crippen LogP contribution in [0, 0.1) is 0 Å². The summed E-state index contributed by atoms with van der Waals surface area (Å²) in [4.78, 5) is 15.9. The maximum Gasteiger partial charge on any atom is 0.222 e. The van der Waals surface area contributed by atoms with Crippen LogP contribution in [0.4, 0.5) is 0 Å². The van der Waals surface area contributed by atoms with Crippen molar-refractivity contribution in [1.29, 1.82) is 0 Å². The van der Waals surface area contributed by atoms with Gasteiger partial charge in [-0.15, -0.1) is 0 Å². The second kappa shape index (κ2) is 6.05. The van der Waals surface area contributed by atoms with Crippen LogP contribution in [0.1, 0.15) is 24.7 Å². The summed E-state index contributed by atoms with van der Waals surface area (Å²) in [5, 5.41) is 2.85. The van der Waals surface area contributed by atoms with Gasteiger partial charge in [-0.2, -0.15) is 0 Å². The van der Waals surface area contributed by atoms with E-state index in [1.165, 1.54) is 0 Å². The number of carbonyl (C=O) groups is 1. The molecule has 0 radical (unpaired) electrons. The monoisotopic (exact) mass is 247 g/mol. The van der Waals surface area contributed by atoms with Gasteiger partial charge in [0.1, 0.15) is 5.82 Å². The Balaban J connectivity index is 1.75. The highest BCUT2D eigenvalue weighted by Gasteiger charge is 2.05. The molecule has 0 fully saturated rings. The van der Waals surface area contributed by atoms with Gasteiger partial charge in [0.25, 0.3) is 0 Å². The normalized spacial score (nSPS) is 10.5. The van der Waals surface area contributed by atoms with Gasteiger partial charge in [0.2, 0.25) is 5.91 Å². The summed E-state index contributed by atoms with van der Waals surface area (Å²) in [7, 11) is 0. The molecule has 2 aromatic heterocycles. The number of amides is 1. The van der Waals surface area contributed by atoms with Gasteiger partial charge < -0.3 is 14.3 Å². The summed E-state index contributed by atoms with van der Waals surface area (Å²) >= 11 is 0. The van der Waals surface area contributed by atoms with Crippen molar-refractivity contribution in [2.45, 2.75) is 32.9 Å². The van der Waals surface area contributed by atoms with Crippen LogP contribution < -0.4 is 5.32 Å². The fraction of sp³-hybridized carbons (Fsp3) is 0.385. The summed E-state index contributed by atoms with van der Waals surface area (Å²) in [6, 6.07) is 1.84. The lowest BCUT2D eigenvalue weighted by atomic mass is 10.3. The molecule has 0 unspecified atom stereocenters. The zero-order valence-electron chi connectivity index (χ0n) is 10.4. The fourth-order valence-electron chi connectivity index (χ4n) is 1.76. The number of hydrogen-bond acceptors (Lipinski definition) is 3. The minimum atomic E-state index is 0.0342. The van der Waals surface area contributed by atoms with Gasteiger partial charge in [0, 0.05) is 43.9 Å². The van der Waals surface area contributed by atoms with Crippen LogP contribution in [0.2, 0.25) is 0 Å². The average molecular weight is 247 g/mol. The molecule has 2 rings (SSSR count). The Kier molecular flexibility index (Phi) is 4.17. The van der Waals surface area contributed by atoms with E-state index in [1.54, 1.807) is 18.7 Å². The Bertz CT molecular complexity index is 488. The minimum Gasteiger partial charge on any atom is -0.472 e. The molecule has 0 aliphatic heterocycles. The van der Waals surface area contributed by atoms with Gasteiger partial charge in [-0.05, 0) is 6.07 Å². The number of aromatic nitrogens is 2. The summed E-state index contributed by atoms with van der Waals surface area (Å²) in [6.45, 7) is 3.23. The third-order valence-corrected chi connectivity index (χ3v) is 2.77.